The minimum atomic E-state index is -0.0515. The number of hydrogen-bond acceptors (Lipinski definition) is 4. The molecule has 0 radical (unpaired) electrons. The number of rotatable bonds is 6. The van der Waals surface area contributed by atoms with Gasteiger partial charge in [0.1, 0.15) is 11.5 Å². The molecule has 2 aromatic rings. The number of carbonyl (C=O) groups excluding carboxylic acids is 2. The van der Waals surface area contributed by atoms with Crippen molar-refractivity contribution in [2.45, 2.75) is 31.7 Å². The molecule has 0 spiro atoms. The van der Waals surface area contributed by atoms with Crippen LogP contribution in [0, 0.1) is 5.92 Å². The van der Waals surface area contributed by atoms with Crippen molar-refractivity contribution in [3.63, 3.8) is 0 Å². The van der Waals surface area contributed by atoms with Crippen molar-refractivity contribution in [3.8, 4) is 11.5 Å². The zero-order valence-corrected chi connectivity index (χ0v) is 19.4. The van der Waals surface area contributed by atoms with Crippen molar-refractivity contribution >= 4 is 17.9 Å². The second-order valence-corrected chi connectivity index (χ2v) is 8.64. The number of methoxy groups -OCH3 is 2. The van der Waals surface area contributed by atoms with E-state index < -0.39 is 0 Å². The predicted octanol–water partition coefficient (Wildman–Crippen LogP) is 4.32. The summed E-state index contributed by atoms with van der Waals surface area (Å²) >= 11 is 0. The second-order valence-electron chi connectivity index (χ2n) is 8.64. The highest BCUT2D eigenvalue weighted by atomic mass is 16.5. The maximum absolute atomic E-state index is 13.5. The van der Waals surface area contributed by atoms with Crippen LogP contribution in [0.25, 0.3) is 6.08 Å². The summed E-state index contributed by atoms with van der Waals surface area (Å²) in [5.41, 5.74) is 2.00. The van der Waals surface area contributed by atoms with Crippen LogP contribution in [0.2, 0.25) is 0 Å². The number of likely N-dealkylation sites (tertiary alicyclic amines) is 2. The summed E-state index contributed by atoms with van der Waals surface area (Å²) in [6.45, 7) is 1.97. The van der Waals surface area contributed by atoms with E-state index in [1.165, 1.54) is 0 Å². The first kappa shape index (κ1) is 22.9. The predicted molar refractivity (Wildman–Crippen MR) is 128 cm³/mol. The molecule has 2 aliphatic rings. The van der Waals surface area contributed by atoms with Gasteiger partial charge in [-0.3, -0.25) is 9.59 Å². The summed E-state index contributed by atoms with van der Waals surface area (Å²) in [4.78, 5) is 29.9. The average molecular weight is 449 g/mol. The lowest BCUT2D eigenvalue weighted by Crippen LogP contribution is -2.43. The van der Waals surface area contributed by atoms with Gasteiger partial charge in [0.25, 0.3) is 0 Å². The van der Waals surface area contributed by atoms with Crippen LogP contribution in [0.4, 0.5) is 0 Å². The molecule has 2 heterocycles. The lowest BCUT2D eigenvalue weighted by molar-refractivity contribution is -0.140. The highest BCUT2D eigenvalue weighted by molar-refractivity contribution is 5.92. The second kappa shape index (κ2) is 10.6. The van der Waals surface area contributed by atoms with Crippen molar-refractivity contribution in [2.75, 3.05) is 33.9 Å². The normalized spacial score (nSPS) is 19.2. The Morgan fingerprint density at radius 1 is 0.939 bits per heavy atom. The molecule has 4 rings (SSSR count). The number of benzene rings is 2. The smallest absolute Gasteiger partial charge is 0.246 e. The van der Waals surface area contributed by atoms with Crippen LogP contribution < -0.4 is 9.47 Å². The molecule has 2 aliphatic heterocycles. The molecule has 2 amide bonds. The third kappa shape index (κ3) is 5.21. The molecular formula is C27H32N2O4. The number of carbonyl (C=O) groups is 2. The topological polar surface area (TPSA) is 59.1 Å². The summed E-state index contributed by atoms with van der Waals surface area (Å²) in [5, 5.41) is 0. The molecule has 2 fully saturated rings. The summed E-state index contributed by atoms with van der Waals surface area (Å²) in [6, 6.07) is 15.6. The number of piperidine rings is 1. The van der Waals surface area contributed by atoms with Gasteiger partial charge in [-0.15, -0.1) is 0 Å². The van der Waals surface area contributed by atoms with Gasteiger partial charge in [-0.2, -0.15) is 0 Å². The number of hydrogen-bond donors (Lipinski definition) is 0. The molecule has 0 aliphatic carbocycles. The fourth-order valence-electron chi connectivity index (χ4n) is 4.87. The largest absolute Gasteiger partial charge is 0.497 e. The van der Waals surface area contributed by atoms with Gasteiger partial charge in [0, 0.05) is 37.2 Å². The van der Waals surface area contributed by atoms with E-state index in [0.29, 0.717) is 25.9 Å². The molecule has 6 nitrogen and oxygen atoms in total. The Balaban J connectivity index is 1.38. The number of amides is 2. The highest BCUT2D eigenvalue weighted by Crippen LogP contribution is 2.40. The van der Waals surface area contributed by atoms with Gasteiger partial charge in [-0.1, -0.05) is 30.3 Å². The van der Waals surface area contributed by atoms with Gasteiger partial charge >= 0.3 is 0 Å². The van der Waals surface area contributed by atoms with E-state index >= 15 is 0 Å². The van der Waals surface area contributed by atoms with Crippen molar-refractivity contribution in [1.82, 2.24) is 9.80 Å². The lowest BCUT2D eigenvalue weighted by Gasteiger charge is -2.35. The minimum Gasteiger partial charge on any atom is -0.497 e. The molecule has 2 saturated heterocycles. The number of ether oxygens (including phenoxy) is 2. The van der Waals surface area contributed by atoms with Gasteiger partial charge in [-0.25, -0.2) is 0 Å². The Hall–Kier alpha value is -3.28. The van der Waals surface area contributed by atoms with Crippen LogP contribution >= 0.6 is 0 Å². The zero-order chi connectivity index (χ0) is 23.2. The first-order chi connectivity index (χ1) is 16.1. The van der Waals surface area contributed by atoms with Crippen molar-refractivity contribution in [3.05, 3.63) is 65.7 Å². The highest BCUT2D eigenvalue weighted by Gasteiger charge is 2.37. The fourth-order valence-corrected chi connectivity index (χ4v) is 4.87. The van der Waals surface area contributed by atoms with Crippen LogP contribution in [-0.2, 0) is 9.59 Å². The Bertz CT molecular complexity index is 996. The maximum Gasteiger partial charge on any atom is 0.246 e. The Morgan fingerprint density at radius 3 is 2.39 bits per heavy atom. The van der Waals surface area contributed by atoms with Crippen LogP contribution in [-0.4, -0.2) is 55.5 Å². The van der Waals surface area contributed by atoms with Gasteiger partial charge < -0.3 is 19.3 Å². The van der Waals surface area contributed by atoms with Crippen molar-refractivity contribution < 1.29 is 19.1 Å². The standard InChI is InChI=1S/C27H32N2O4/c1-32-22-11-12-25(33-2)23(19-22)24-9-6-16-29(24)27(31)21-14-17-28(18-15-21)26(30)13-10-20-7-4-3-5-8-20/h3-5,7-8,10-13,19,21,24H,6,9,14-18H2,1-2H3. The van der Waals surface area contributed by atoms with Gasteiger partial charge in [0.15, 0.2) is 0 Å². The van der Waals surface area contributed by atoms with Crippen molar-refractivity contribution in [2.24, 2.45) is 5.92 Å². The van der Waals surface area contributed by atoms with Crippen LogP contribution in [0.15, 0.2) is 54.6 Å². The van der Waals surface area contributed by atoms with Gasteiger partial charge in [0.05, 0.1) is 20.3 Å². The molecule has 0 N–H and O–H groups in total. The third-order valence-corrected chi connectivity index (χ3v) is 6.71. The van der Waals surface area contributed by atoms with Crippen LogP contribution in [0.1, 0.15) is 42.9 Å². The van der Waals surface area contributed by atoms with Crippen LogP contribution in [0.5, 0.6) is 11.5 Å². The third-order valence-electron chi connectivity index (χ3n) is 6.71. The number of nitrogens with zero attached hydrogens (tertiary/aromatic N) is 2. The molecule has 0 saturated carbocycles. The Morgan fingerprint density at radius 2 is 1.70 bits per heavy atom. The summed E-state index contributed by atoms with van der Waals surface area (Å²) < 4.78 is 11.0. The molecule has 0 bridgehead atoms. The SMILES string of the molecule is COc1ccc(OC)c(C2CCCN2C(=O)C2CCN(C(=O)C=Cc3ccccc3)CC2)c1. The van der Waals surface area contributed by atoms with E-state index in [1.807, 2.05) is 64.4 Å². The Labute approximate surface area is 195 Å². The molecule has 174 valence electrons. The summed E-state index contributed by atoms with van der Waals surface area (Å²) in [7, 11) is 3.30. The molecule has 2 aromatic carbocycles. The molecule has 33 heavy (non-hydrogen) atoms. The lowest BCUT2D eigenvalue weighted by atomic mass is 9.94. The summed E-state index contributed by atoms with van der Waals surface area (Å²) in [5.74, 6) is 1.69. The Kier molecular flexibility index (Phi) is 7.33. The van der Waals surface area contributed by atoms with E-state index in [4.69, 9.17) is 9.47 Å². The average Bonchev–Trinajstić information content (AvgIpc) is 3.37. The van der Waals surface area contributed by atoms with E-state index in [1.54, 1.807) is 20.3 Å². The maximum atomic E-state index is 13.5. The quantitative estimate of drug-likeness (QED) is 0.618. The van der Waals surface area contributed by atoms with E-state index in [9.17, 15) is 9.59 Å². The van der Waals surface area contributed by atoms with Crippen molar-refractivity contribution in [1.29, 1.82) is 0 Å². The summed E-state index contributed by atoms with van der Waals surface area (Å²) in [6.07, 6.45) is 6.75. The minimum absolute atomic E-state index is 0.00369. The van der Waals surface area contributed by atoms with Gasteiger partial charge in [0.2, 0.25) is 11.8 Å². The van der Waals surface area contributed by atoms with E-state index in [2.05, 4.69) is 0 Å². The molecule has 1 atom stereocenters. The first-order valence-electron chi connectivity index (χ1n) is 11.6. The van der Waals surface area contributed by atoms with E-state index in [-0.39, 0.29) is 23.8 Å². The molecule has 6 heteroatoms. The zero-order valence-electron chi connectivity index (χ0n) is 19.4. The fraction of sp³-hybridized carbons (Fsp3) is 0.407. The molecule has 0 aromatic heterocycles. The first-order valence-corrected chi connectivity index (χ1v) is 11.6. The van der Waals surface area contributed by atoms with E-state index in [0.717, 1.165) is 42.0 Å². The van der Waals surface area contributed by atoms with Crippen LogP contribution in [0.3, 0.4) is 0 Å². The van der Waals surface area contributed by atoms with Gasteiger partial charge in [-0.05, 0) is 55.5 Å². The molecule has 1 unspecified atom stereocenters. The molecular weight excluding hydrogens is 416 g/mol. The monoisotopic (exact) mass is 448 g/mol.